The number of aliphatic hydroxyl groups excluding tert-OH is 1. The van der Waals surface area contributed by atoms with Crippen molar-refractivity contribution in [1.29, 1.82) is 0 Å². The summed E-state index contributed by atoms with van der Waals surface area (Å²) in [7, 11) is 4.25. The molecule has 0 unspecified atom stereocenters. The van der Waals surface area contributed by atoms with Crippen molar-refractivity contribution in [3.05, 3.63) is 0 Å². The quantitative estimate of drug-likeness (QED) is 0.671. The van der Waals surface area contributed by atoms with Crippen molar-refractivity contribution >= 4 is 0 Å². The predicted molar refractivity (Wildman–Crippen MR) is 55.5 cm³/mol. The summed E-state index contributed by atoms with van der Waals surface area (Å²) < 4.78 is 4.25. The molecule has 0 aliphatic heterocycles. The summed E-state index contributed by atoms with van der Waals surface area (Å²) >= 11 is 0. The summed E-state index contributed by atoms with van der Waals surface area (Å²) in [5.74, 6) is 0. The molecule has 0 rings (SSSR count). The number of hydrogen-bond donors (Lipinski definition) is 1. The Hall–Kier alpha value is -0.0800. The number of hydrogen-bond acceptors (Lipinski definition) is 2. The normalized spacial score (nSPS) is 7.50. The van der Waals surface area contributed by atoms with Gasteiger partial charge in [-0.1, -0.05) is 46.0 Å². The second kappa shape index (κ2) is 30.7. The Bertz CT molecular complexity index is 34.8. The maximum absolute atomic E-state index is 7.00. The Morgan fingerprint density at radius 2 is 1.08 bits per heavy atom. The molecule has 1 N–H and O–H groups in total. The van der Waals surface area contributed by atoms with Gasteiger partial charge in [-0.3, -0.25) is 0 Å². The van der Waals surface area contributed by atoms with Crippen LogP contribution in [0.2, 0.25) is 0 Å². The number of methoxy groups -OCH3 is 1. The minimum Gasteiger partial charge on any atom is -0.400 e. The SMILES string of the molecule is CCCCCCC.CO.COC. The first-order valence-electron chi connectivity index (χ1n) is 4.68. The molecule has 0 bridgehead atoms. The molecule has 0 radical (unpaired) electrons. The van der Waals surface area contributed by atoms with Crippen molar-refractivity contribution in [3.63, 3.8) is 0 Å². The lowest BCUT2D eigenvalue weighted by molar-refractivity contribution is 0.277. The van der Waals surface area contributed by atoms with Crippen molar-refractivity contribution in [2.45, 2.75) is 46.0 Å². The van der Waals surface area contributed by atoms with Crippen LogP contribution in [0.1, 0.15) is 46.0 Å². The molecule has 0 fully saturated rings. The van der Waals surface area contributed by atoms with Crippen LogP contribution in [-0.4, -0.2) is 26.4 Å². The molecule has 0 heterocycles. The Morgan fingerprint density at radius 1 is 0.833 bits per heavy atom. The molecule has 0 saturated heterocycles. The molecule has 78 valence electrons. The average Bonchev–Trinajstić information content (AvgIpc) is 2.11. The van der Waals surface area contributed by atoms with Crippen LogP contribution < -0.4 is 0 Å². The Labute approximate surface area is 77.9 Å². The largest absolute Gasteiger partial charge is 0.400 e. The second-order valence-electron chi connectivity index (χ2n) is 2.47. The predicted octanol–water partition coefficient (Wildman–Crippen LogP) is 2.85. The summed E-state index contributed by atoms with van der Waals surface area (Å²) in [6.45, 7) is 4.49. The molecule has 0 saturated carbocycles. The number of aliphatic hydroxyl groups is 1. The van der Waals surface area contributed by atoms with Gasteiger partial charge in [0.25, 0.3) is 0 Å². The van der Waals surface area contributed by atoms with Crippen LogP contribution in [0.15, 0.2) is 0 Å². The molecule has 0 aliphatic rings. The molecular weight excluding hydrogens is 152 g/mol. The third kappa shape index (κ3) is 51.4. The maximum Gasteiger partial charge on any atom is 0.0351 e. The lowest BCUT2D eigenvalue weighted by Crippen LogP contribution is -1.70. The number of unbranched alkanes of at least 4 members (excludes halogenated alkanes) is 4. The Morgan fingerprint density at radius 3 is 1.25 bits per heavy atom. The zero-order valence-corrected chi connectivity index (χ0v) is 9.39. The molecule has 0 aromatic heterocycles. The first-order valence-corrected chi connectivity index (χ1v) is 4.68. The minimum absolute atomic E-state index is 1.00. The van der Waals surface area contributed by atoms with E-state index in [4.69, 9.17) is 5.11 Å². The summed E-state index contributed by atoms with van der Waals surface area (Å²) in [5.41, 5.74) is 0. The lowest BCUT2D eigenvalue weighted by Gasteiger charge is -1.90. The minimum atomic E-state index is 1.00. The highest BCUT2D eigenvalue weighted by molar-refractivity contribution is 4.35. The number of rotatable bonds is 4. The van der Waals surface area contributed by atoms with Gasteiger partial charge in [0.1, 0.15) is 0 Å². The van der Waals surface area contributed by atoms with Crippen molar-refractivity contribution in [3.8, 4) is 0 Å². The van der Waals surface area contributed by atoms with Crippen molar-refractivity contribution in [2.24, 2.45) is 0 Å². The summed E-state index contributed by atoms with van der Waals surface area (Å²) in [5, 5.41) is 7.00. The molecule has 0 aromatic rings. The van der Waals surface area contributed by atoms with Crippen molar-refractivity contribution < 1.29 is 9.84 Å². The van der Waals surface area contributed by atoms with Gasteiger partial charge in [-0.2, -0.15) is 0 Å². The van der Waals surface area contributed by atoms with Crippen LogP contribution in [0.5, 0.6) is 0 Å². The van der Waals surface area contributed by atoms with Crippen molar-refractivity contribution in [1.82, 2.24) is 0 Å². The van der Waals surface area contributed by atoms with Gasteiger partial charge in [0, 0.05) is 21.3 Å². The topological polar surface area (TPSA) is 29.5 Å². The molecule has 0 atom stereocenters. The fraction of sp³-hybridized carbons (Fsp3) is 1.00. The lowest BCUT2D eigenvalue weighted by atomic mass is 10.2. The van der Waals surface area contributed by atoms with E-state index in [1.165, 1.54) is 32.1 Å². The van der Waals surface area contributed by atoms with Gasteiger partial charge in [0.05, 0.1) is 0 Å². The second-order valence-corrected chi connectivity index (χ2v) is 2.47. The fourth-order valence-electron chi connectivity index (χ4n) is 0.677. The number of ether oxygens (including phenoxy) is 1. The van der Waals surface area contributed by atoms with E-state index >= 15 is 0 Å². The maximum atomic E-state index is 7.00. The first-order chi connectivity index (χ1) is 5.83. The third-order valence-electron chi connectivity index (χ3n) is 1.21. The van der Waals surface area contributed by atoms with Gasteiger partial charge in [0.15, 0.2) is 0 Å². The van der Waals surface area contributed by atoms with Gasteiger partial charge in [-0.25, -0.2) is 0 Å². The van der Waals surface area contributed by atoms with E-state index < -0.39 is 0 Å². The monoisotopic (exact) mass is 178 g/mol. The van der Waals surface area contributed by atoms with Crippen LogP contribution in [0.25, 0.3) is 0 Å². The molecule has 2 heteroatoms. The van der Waals surface area contributed by atoms with Gasteiger partial charge < -0.3 is 9.84 Å². The van der Waals surface area contributed by atoms with E-state index in [0.717, 1.165) is 7.11 Å². The summed E-state index contributed by atoms with van der Waals surface area (Å²) in [4.78, 5) is 0. The van der Waals surface area contributed by atoms with Gasteiger partial charge in [0.2, 0.25) is 0 Å². The first kappa shape index (κ1) is 17.9. The van der Waals surface area contributed by atoms with E-state index in [2.05, 4.69) is 18.6 Å². The van der Waals surface area contributed by atoms with Crippen LogP contribution in [-0.2, 0) is 4.74 Å². The van der Waals surface area contributed by atoms with Crippen LogP contribution in [0, 0.1) is 0 Å². The highest BCUT2D eigenvalue weighted by Crippen LogP contribution is 2.00. The van der Waals surface area contributed by atoms with Crippen LogP contribution >= 0.6 is 0 Å². The summed E-state index contributed by atoms with van der Waals surface area (Å²) in [6, 6.07) is 0. The van der Waals surface area contributed by atoms with E-state index in [-0.39, 0.29) is 0 Å². The van der Waals surface area contributed by atoms with Gasteiger partial charge in [-0.05, 0) is 0 Å². The van der Waals surface area contributed by atoms with E-state index in [1.54, 1.807) is 14.2 Å². The molecular formula is C10H26O2. The van der Waals surface area contributed by atoms with Crippen molar-refractivity contribution in [2.75, 3.05) is 21.3 Å². The van der Waals surface area contributed by atoms with Crippen LogP contribution in [0.3, 0.4) is 0 Å². The smallest absolute Gasteiger partial charge is 0.0351 e. The molecule has 0 aliphatic carbocycles. The molecule has 0 amide bonds. The third-order valence-corrected chi connectivity index (χ3v) is 1.21. The fourth-order valence-corrected chi connectivity index (χ4v) is 0.677. The highest BCUT2D eigenvalue weighted by Gasteiger charge is 1.80. The van der Waals surface area contributed by atoms with Gasteiger partial charge >= 0.3 is 0 Å². The Kier molecular flexibility index (Phi) is 45.6. The molecule has 12 heavy (non-hydrogen) atoms. The Balaban J connectivity index is -0.000000137. The van der Waals surface area contributed by atoms with E-state index in [0.29, 0.717) is 0 Å². The molecule has 0 spiro atoms. The zero-order valence-electron chi connectivity index (χ0n) is 9.39. The highest BCUT2D eigenvalue weighted by atomic mass is 16.4. The molecule has 2 nitrogen and oxygen atoms in total. The van der Waals surface area contributed by atoms with Crippen LogP contribution in [0.4, 0.5) is 0 Å². The van der Waals surface area contributed by atoms with E-state index in [1.807, 2.05) is 0 Å². The zero-order chi connectivity index (χ0) is 10.2. The van der Waals surface area contributed by atoms with Gasteiger partial charge in [-0.15, -0.1) is 0 Å². The standard InChI is InChI=1S/C7H16.C2H6O.CH4O/c1-3-5-7-6-4-2;1-3-2;1-2/h3-7H2,1-2H3;1-2H3;2H,1H3. The molecule has 0 aromatic carbocycles. The summed E-state index contributed by atoms with van der Waals surface area (Å²) in [6.07, 6.45) is 7.01. The van der Waals surface area contributed by atoms with E-state index in [9.17, 15) is 0 Å². The average molecular weight is 178 g/mol.